The van der Waals surface area contributed by atoms with Gasteiger partial charge in [-0.3, -0.25) is 4.68 Å². The van der Waals surface area contributed by atoms with E-state index in [9.17, 15) is 4.79 Å². The van der Waals surface area contributed by atoms with Gasteiger partial charge in [-0.05, 0) is 30.5 Å². The van der Waals surface area contributed by atoms with Crippen LogP contribution in [0.15, 0.2) is 42.6 Å². The molecule has 3 rings (SSSR count). The molecule has 0 radical (unpaired) electrons. The first-order valence-electron chi connectivity index (χ1n) is 9.04. The Labute approximate surface area is 159 Å². The van der Waals surface area contributed by atoms with E-state index in [2.05, 4.69) is 40.1 Å². The van der Waals surface area contributed by atoms with E-state index in [1.54, 1.807) is 22.9 Å². The Morgan fingerprint density at radius 3 is 2.81 bits per heavy atom. The molecule has 0 aliphatic rings. The molecule has 0 aliphatic heterocycles. The molecule has 0 saturated heterocycles. The van der Waals surface area contributed by atoms with Crippen molar-refractivity contribution in [2.75, 3.05) is 27.3 Å². The Kier molecular flexibility index (Phi) is 5.81. The molecule has 0 spiro atoms. The molecular formula is C20H27N5O2. The fourth-order valence-electron chi connectivity index (χ4n) is 3.35. The zero-order valence-electron chi connectivity index (χ0n) is 16.3. The lowest BCUT2D eigenvalue weighted by atomic mass is 10.2. The fourth-order valence-corrected chi connectivity index (χ4v) is 3.35. The van der Waals surface area contributed by atoms with Crippen LogP contribution in [0.25, 0.3) is 10.9 Å². The number of rotatable bonds is 7. The number of nitrogens with one attached hydrogen (secondary N) is 1. The maximum atomic E-state index is 12.7. The number of fused-ring (bicyclic) bond motifs is 1. The number of ether oxygens (including phenoxy) is 1. The molecule has 7 nitrogen and oxygen atoms in total. The average molecular weight is 369 g/mol. The SMILES string of the molecule is COCC(NC(=O)N(C)CCn1c(C)cc2ccccc21)c1ccnn1C. The van der Waals surface area contributed by atoms with Crippen LogP contribution < -0.4 is 5.32 Å². The van der Waals surface area contributed by atoms with E-state index in [0.717, 1.165) is 12.2 Å². The molecule has 2 heterocycles. The summed E-state index contributed by atoms with van der Waals surface area (Å²) in [5.74, 6) is 0. The van der Waals surface area contributed by atoms with Crippen LogP contribution in [0.5, 0.6) is 0 Å². The van der Waals surface area contributed by atoms with Crippen LogP contribution in [0.3, 0.4) is 0 Å². The number of urea groups is 1. The van der Waals surface area contributed by atoms with E-state index in [0.29, 0.717) is 13.2 Å². The molecule has 1 unspecified atom stereocenters. The summed E-state index contributed by atoms with van der Waals surface area (Å²) in [6.45, 7) is 3.83. The van der Waals surface area contributed by atoms with Crippen LogP contribution in [0.1, 0.15) is 17.4 Å². The second kappa shape index (κ2) is 8.26. The predicted octanol–water partition coefficient (Wildman–Crippen LogP) is 2.71. The Morgan fingerprint density at radius 1 is 1.33 bits per heavy atom. The second-order valence-corrected chi connectivity index (χ2v) is 6.75. The lowest BCUT2D eigenvalue weighted by Gasteiger charge is -2.24. The van der Waals surface area contributed by atoms with Crippen LogP contribution in [0.4, 0.5) is 4.79 Å². The zero-order valence-corrected chi connectivity index (χ0v) is 16.3. The highest BCUT2D eigenvalue weighted by molar-refractivity contribution is 5.81. The van der Waals surface area contributed by atoms with Gasteiger partial charge in [0, 0.05) is 51.7 Å². The summed E-state index contributed by atoms with van der Waals surface area (Å²) in [6, 6.07) is 12.0. The van der Waals surface area contributed by atoms with Crippen molar-refractivity contribution in [3.8, 4) is 0 Å². The second-order valence-electron chi connectivity index (χ2n) is 6.75. The molecule has 3 aromatic rings. The first kappa shape index (κ1) is 19.0. The summed E-state index contributed by atoms with van der Waals surface area (Å²) < 4.78 is 9.26. The van der Waals surface area contributed by atoms with Gasteiger partial charge in [-0.15, -0.1) is 0 Å². The molecule has 2 amide bonds. The maximum absolute atomic E-state index is 12.7. The van der Waals surface area contributed by atoms with Crippen molar-refractivity contribution in [2.45, 2.75) is 19.5 Å². The van der Waals surface area contributed by atoms with Crippen molar-refractivity contribution < 1.29 is 9.53 Å². The zero-order chi connectivity index (χ0) is 19.4. The topological polar surface area (TPSA) is 64.3 Å². The fraction of sp³-hybridized carbons (Fsp3) is 0.400. The lowest BCUT2D eigenvalue weighted by Crippen LogP contribution is -2.42. The molecular weight excluding hydrogens is 342 g/mol. The Morgan fingerprint density at radius 2 is 2.11 bits per heavy atom. The van der Waals surface area contributed by atoms with E-state index in [4.69, 9.17) is 4.74 Å². The lowest BCUT2D eigenvalue weighted by molar-refractivity contribution is 0.155. The molecule has 1 aromatic carbocycles. The average Bonchev–Trinajstić information content (AvgIpc) is 3.21. The monoisotopic (exact) mass is 369 g/mol. The standard InChI is InChI=1S/C20H27N5O2/c1-15-13-16-7-5-6-8-18(16)25(15)12-11-23(2)20(26)22-17(14-27-4)19-9-10-21-24(19)3/h5-10,13,17H,11-12,14H2,1-4H3,(H,22,26). The first-order valence-corrected chi connectivity index (χ1v) is 9.04. The number of likely N-dealkylation sites (N-methyl/N-ethyl adjacent to an activating group) is 1. The van der Waals surface area contributed by atoms with Gasteiger partial charge in [0.1, 0.15) is 0 Å². The number of hydrogen-bond acceptors (Lipinski definition) is 3. The molecule has 1 atom stereocenters. The van der Waals surface area contributed by atoms with Crippen LogP contribution in [-0.4, -0.2) is 52.6 Å². The Balaban J connectivity index is 1.64. The van der Waals surface area contributed by atoms with Gasteiger partial charge >= 0.3 is 6.03 Å². The molecule has 27 heavy (non-hydrogen) atoms. The summed E-state index contributed by atoms with van der Waals surface area (Å²) in [6.07, 6.45) is 1.72. The largest absolute Gasteiger partial charge is 0.382 e. The van der Waals surface area contributed by atoms with Crippen molar-refractivity contribution in [1.82, 2.24) is 24.6 Å². The number of carbonyl (C=O) groups is 1. The van der Waals surface area contributed by atoms with E-state index in [-0.39, 0.29) is 12.1 Å². The summed E-state index contributed by atoms with van der Waals surface area (Å²) >= 11 is 0. The molecule has 0 fully saturated rings. The highest BCUT2D eigenvalue weighted by atomic mass is 16.5. The minimum absolute atomic E-state index is 0.132. The normalized spacial score (nSPS) is 12.3. The van der Waals surface area contributed by atoms with E-state index in [1.165, 1.54) is 16.6 Å². The number of nitrogens with zero attached hydrogens (tertiary/aromatic N) is 4. The van der Waals surface area contributed by atoms with Gasteiger partial charge in [0.15, 0.2) is 0 Å². The molecule has 7 heteroatoms. The van der Waals surface area contributed by atoms with Crippen molar-refractivity contribution in [1.29, 1.82) is 0 Å². The molecule has 0 bridgehead atoms. The highest BCUT2D eigenvalue weighted by Crippen LogP contribution is 2.19. The van der Waals surface area contributed by atoms with E-state index >= 15 is 0 Å². The molecule has 1 N–H and O–H groups in total. The van der Waals surface area contributed by atoms with Gasteiger partial charge in [0.05, 0.1) is 18.3 Å². The van der Waals surface area contributed by atoms with Crippen molar-refractivity contribution in [2.24, 2.45) is 7.05 Å². The number of benzene rings is 1. The minimum Gasteiger partial charge on any atom is -0.382 e. The van der Waals surface area contributed by atoms with Gasteiger partial charge in [0.2, 0.25) is 0 Å². The van der Waals surface area contributed by atoms with Gasteiger partial charge in [-0.1, -0.05) is 18.2 Å². The molecule has 144 valence electrons. The van der Waals surface area contributed by atoms with Gasteiger partial charge < -0.3 is 19.5 Å². The third-order valence-electron chi connectivity index (χ3n) is 4.87. The smallest absolute Gasteiger partial charge is 0.317 e. The van der Waals surface area contributed by atoms with Crippen LogP contribution in [0, 0.1) is 6.92 Å². The number of para-hydroxylation sites is 1. The number of aromatic nitrogens is 3. The maximum Gasteiger partial charge on any atom is 0.317 e. The van der Waals surface area contributed by atoms with Crippen molar-refractivity contribution in [3.05, 3.63) is 54.0 Å². The Hall–Kier alpha value is -2.80. The van der Waals surface area contributed by atoms with Crippen LogP contribution in [-0.2, 0) is 18.3 Å². The minimum atomic E-state index is -0.244. The quantitative estimate of drug-likeness (QED) is 0.696. The third-order valence-corrected chi connectivity index (χ3v) is 4.87. The van der Waals surface area contributed by atoms with Gasteiger partial charge in [0.25, 0.3) is 0 Å². The first-order chi connectivity index (χ1) is 13.0. The Bertz CT molecular complexity index is 914. The molecule has 2 aromatic heterocycles. The number of methoxy groups -OCH3 is 1. The highest BCUT2D eigenvalue weighted by Gasteiger charge is 2.20. The predicted molar refractivity (Wildman–Crippen MR) is 106 cm³/mol. The van der Waals surface area contributed by atoms with Crippen LogP contribution >= 0.6 is 0 Å². The summed E-state index contributed by atoms with van der Waals surface area (Å²) in [7, 11) is 5.29. The third kappa shape index (κ3) is 4.14. The van der Waals surface area contributed by atoms with Crippen LogP contribution in [0.2, 0.25) is 0 Å². The number of hydrogen-bond donors (Lipinski definition) is 1. The van der Waals surface area contributed by atoms with Crippen molar-refractivity contribution in [3.63, 3.8) is 0 Å². The van der Waals surface area contributed by atoms with Crippen molar-refractivity contribution >= 4 is 16.9 Å². The summed E-state index contributed by atoms with van der Waals surface area (Å²) in [4.78, 5) is 14.4. The van der Waals surface area contributed by atoms with Gasteiger partial charge in [-0.25, -0.2) is 4.79 Å². The van der Waals surface area contributed by atoms with E-state index < -0.39 is 0 Å². The number of aryl methyl sites for hydroxylation is 2. The molecule has 0 aliphatic carbocycles. The molecule has 0 saturated carbocycles. The summed E-state index contributed by atoms with van der Waals surface area (Å²) in [5.41, 5.74) is 3.29. The number of amides is 2. The number of carbonyl (C=O) groups excluding carboxylic acids is 1. The van der Waals surface area contributed by atoms with Gasteiger partial charge in [-0.2, -0.15) is 5.10 Å². The summed E-state index contributed by atoms with van der Waals surface area (Å²) in [5, 5.41) is 8.43. The van der Waals surface area contributed by atoms with E-state index in [1.807, 2.05) is 32.3 Å².